The molecule has 0 saturated carbocycles. The Hall–Kier alpha value is 0.740. The molecule has 0 saturated heterocycles. The van der Waals surface area contributed by atoms with E-state index in [1.54, 1.807) is 0 Å². The monoisotopic (exact) mass is 490 g/mol. The quantitative estimate of drug-likeness (QED) is 0.201. The van der Waals surface area contributed by atoms with Crippen LogP contribution in [0.4, 0.5) is 18.9 Å². The van der Waals surface area contributed by atoms with Crippen LogP contribution in [0.1, 0.15) is 5.56 Å². The maximum absolute atomic E-state index is 12.4. The van der Waals surface area contributed by atoms with Gasteiger partial charge in [-0.15, -0.1) is 11.6 Å². The first-order valence-electron chi connectivity index (χ1n) is 5.05. The first kappa shape index (κ1) is 23.7. The third-order valence-electron chi connectivity index (χ3n) is 1.77. The molecular formula is C9H5Cl7F3N2OP. The van der Waals surface area contributed by atoms with E-state index in [1.807, 2.05) is 0 Å². The summed E-state index contributed by atoms with van der Waals surface area (Å²) in [6, 6.07) is 1.47. The van der Waals surface area contributed by atoms with Crippen molar-refractivity contribution in [3.8, 4) is 0 Å². The van der Waals surface area contributed by atoms with Crippen molar-refractivity contribution in [3.05, 3.63) is 27.7 Å². The molecule has 0 amide bonds. The number of alkyl halides is 4. The van der Waals surface area contributed by atoms with Gasteiger partial charge in [-0.05, 0) is 45.9 Å². The van der Waals surface area contributed by atoms with Crippen molar-refractivity contribution in [1.29, 1.82) is 0 Å². The van der Waals surface area contributed by atoms with Gasteiger partial charge >= 0.3 is 11.4 Å². The summed E-state index contributed by atoms with van der Waals surface area (Å²) in [5.74, 6) is -0.0512. The van der Waals surface area contributed by atoms with Crippen LogP contribution in [0.5, 0.6) is 0 Å². The lowest BCUT2D eigenvalue weighted by molar-refractivity contribution is -0.137. The molecule has 1 aromatic carbocycles. The molecule has 1 aromatic rings. The summed E-state index contributed by atoms with van der Waals surface area (Å²) in [6.07, 6.45) is -4.52. The van der Waals surface area contributed by atoms with E-state index in [2.05, 4.69) is 44.2 Å². The first-order valence-corrected chi connectivity index (χ1v) is 11.1. The van der Waals surface area contributed by atoms with Gasteiger partial charge < -0.3 is 0 Å². The van der Waals surface area contributed by atoms with Crippen molar-refractivity contribution < 1.29 is 17.7 Å². The van der Waals surface area contributed by atoms with E-state index in [9.17, 15) is 17.7 Å². The Kier molecular flexibility index (Phi) is 10.3. The van der Waals surface area contributed by atoms with Crippen molar-refractivity contribution >= 4 is 96.2 Å². The number of hydrogen-bond acceptors (Lipinski definition) is 3. The van der Waals surface area contributed by atoms with Crippen LogP contribution in [0.25, 0.3) is 0 Å². The van der Waals surface area contributed by atoms with Gasteiger partial charge in [0.2, 0.25) is 0 Å². The molecule has 0 fully saturated rings. The molecule has 0 aliphatic carbocycles. The largest absolute Gasteiger partial charge is 0.416 e. The Balaban J connectivity index is 0.000000841. The summed E-state index contributed by atoms with van der Waals surface area (Å²) >= 11 is 36.1. The molecule has 132 valence electrons. The molecule has 0 spiro atoms. The zero-order valence-electron chi connectivity index (χ0n) is 10.4. The van der Waals surface area contributed by atoms with Crippen LogP contribution >= 0.6 is 85.3 Å². The van der Waals surface area contributed by atoms with Crippen molar-refractivity contribution in [2.75, 3.05) is 11.3 Å². The van der Waals surface area contributed by atoms with Crippen LogP contribution in [0.2, 0.25) is 10.0 Å². The molecule has 1 rings (SSSR count). The Morgan fingerprint density at radius 3 is 1.87 bits per heavy atom. The van der Waals surface area contributed by atoms with E-state index in [1.165, 1.54) is 0 Å². The molecular weight excluding hydrogens is 488 g/mol. The first-order chi connectivity index (χ1) is 10.3. The zero-order chi connectivity index (χ0) is 18.4. The number of rotatable bonds is 3. The molecule has 0 unspecified atom stereocenters. The fourth-order valence-electron chi connectivity index (χ4n) is 0.990. The molecule has 0 bridgehead atoms. The van der Waals surface area contributed by atoms with E-state index in [0.717, 1.165) is 12.1 Å². The smallest absolute Gasteiger partial charge is 0.274 e. The summed E-state index contributed by atoms with van der Waals surface area (Å²) in [7, 11) is 0. The molecule has 0 radical (unpaired) electrons. The molecule has 0 atom stereocenters. The van der Waals surface area contributed by atoms with Gasteiger partial charge in [-0.3, -0.25) is 9.99 Å². The minimum Gasteiger partial charge on any atom is -0.274 e. The summed E-state index contributed by atoms with van der Waals surface area (Å²) in [6.45, 7) is 0. The number of halogens is 10. The highest BCUT2D eigenvalue weighted by molar-refractivity contribution is 8.24. The van der Waals surface area contributed by atoms with Gasteiger partial charge in [0.1, 0.15) is 5.17 Å². The summed E-state index contributed by atoms with van der Waals surface area (Å²) in [5, 5.41) is -0.0774. The van der Waals surface area contributed by atoms with Crippen molar-refractivity contribution in [2.45, 2.75) is 6.18 Å². The minimum atomic E-state index is -4.52. The van der Waals surface area contributed by atoms with E-state index in [4.69, 9.17) is 46.4 Å². The van der Waals surface area contributed by atoms with E-state index in [-0.39, 0.29) is 26.8 Å². The number of hydrazone groups is 1. The molecule has 0 heterocycles. The molecule has 0 aromatic heterocycles. The number of anilines is 1. The molecule has 0 aliphatic rings. The van der Waals surface area contributed by atoms with Crippen molar-refractivity contribution in [2.24, 2.45) is 5.10 Å². The molecule has 14 heteroatoms. The maximum Gasteiger partial charge on any atom is 0.416 e. The highest BCUT2D eigenvalue weighted by Crippen LogP contribution is 2.61. The Labute approximate surface area is 163 Å². The third kappa shape index (κ3) is 11.1. The zero-order valence-corrected chi connectivity index (χ0v) is 16.6. The van der Waals surface area contributed by atoms with Crippen LogP contribution in [0.15, 0.2) is 17.2 Å². The summed E-state index contributed by atoms with van der Waals surface area (Å²) in [5.41, 5.74) is 1.43. The molecule has 3 nitrogen and oxygen atoms in total. The second kappa shape index (κ2) is 10.0. The standard InChI is InChI=1S/C9H5Cl4F3N2.Cl3OP/c10-3-7(13)17-18-8-5(11)1-4(2-6(8)12)9(14,15)16;1-5(2,3)4/h1-2,18H,3H2;. The highest BCUT2D eigenvalue weighted by Gasteiger charge is 2.32. The predicted molar refractivity (Wildman–Crippen MR) is 94.3 cm³/mol. The summed E-state index contributed by atoms with van der Waals surface area (Å²) in [4.78, 5) is 0. The fraction of sp³-hybridized carbons (Fsp3) is 0.222. The second-order valence-electron chi connectivity index (χ2n) is 3.44. The fourth-order valence-corrected chi connectivity index (χ4v) is 1.66. The predicted octanol–water partition coefficient (Wildman–Crippen LogP) is 8.03. The van der Waals surface area contributed by atoms with E-state index >= 15 is 0 Å². The van der Waals surface area contributed by atoms with Gasteiger partial charge in [0.25, 0.3) is 0 Å². The lowest BCUT2D eigenvalue weighted by atomic mass is 10.2. The van der Waals surface area contributed by atoms with E-state index in [0.29, 0.717) is 0 Å². The van der Waals surface area contributed by atoms with Gasteiger partial charge in [-0.2, -0.15) is 18.3 Å². The van der Waals surface area contributed by atoms with Gasteiger partial charge in [0.15, 0.2) is 0 Å². The Morgan fingerprint density at radius 1 is 1.17 bits per heavy atom. The summed E-state index contributed by atoms with van der Waals surface area (Å²) < 4.78 is 46.8. The average Bonchev–Trinajstić information content (AvgIpc) is 2.34. The second-order valence-corrected chi connectivity index (χ2v) is 11.6. The number of nitrogens with zero attached hydrogens (tertiary/aromatic N) is 1. The topological polar surface area (TPSA) is 41.5 Å². The van der Waals surface area contributed by atoms with Crippen molar-refractivity contribution in [1.82, 2.24) is 0 Å². The van der Waals surface area contributed by atoms with Gasteiger partial charge in [0.05, 0.1) is 27.2 Å². The molecule has 0 aliphatic heterocycles. The van der Waals surface area contributed by atoms with Crippen LogP contribution < -0.4 is 5.43 Å². The lowest BCUT2D eigenvalue weighted by Gasteiger charge is -2.11. The number of benzene rings is 1. The normalized spacial score (nSPS) is 12.5. The van der Waals surface area contributed by atoms with Crippen LogP contribution in [-0.4, -0.2) is 11.1 Å². The average molecular weight is 493 g/mol. The van der Waals surface area contributed by atoms with E-state index < -0.39 is 16.9 Å². The molecule has 1 N–H and O–H groups in total. The van der Waals surface area contributed by atoms with Gasteiger partial charge in [-0.25, -0.2) is 0 Å². The minimum absolute atomic E-state index is 0.0173. The molecule has 23 heavy (non-hydrogen) atoms. The Bertz CT molecular complexity index is 588. The van der Waals surface area contributed by atoms with Crippen molar-refractivity contribution in [3.63, 3.8) is 0 Å². The van der Waals surface area contributed by atoms with Crippen LogP contribution in [0, 0.1) is 0 Å². The SMILES string of the molecule is FC(F)(F)c1cc(Cl)c(NN=C(Cl)CCl)c(Cl)c1.O=P(Cl)(Cl)Cl. The van der Waals surface area contributed by atoms with Crippen LogP contribution in [-0.2, 0) is 10.7 Å². The maximum atomic E-state index is 12.4. The lowest BCUT2D eigenvalue weighted by Crippen LogP contribution is -2.06. The van der Waals surface area contributed by atoms with Gasteiger partial charge in [0, 0.05) is 0 Å². The highest BCUT2D eigenvalue weighted by atomic mass is 36.0. The van der Waals surface area contributed by atoms with Crippen LogP contribution in [0.3, 0.4) is 0 Å². The number of nitrogens with one attached hydrogen (secondary N) is 1. The third-order valence-corrected chi connectivity index (χ3v) is 2.97. The van der Waals surface area contributed by atoms with Gasteiger partial charge in [-0.1, -0.05) is 34.8 Å². The Morgan fingerprint density at radius 2 is 1.57 bits per heavy atom. The number of hydrogen-bond donors (Lipinski definition) is 1.